The van der Waals surface area contributed by atoms with Crippen LogP contribution in [0.1, 0.15) is 31.2 Å². The van der Waals surface area contributed by atoms with Crippen LogP contribution in [-0.4, -0.2) is 5.17 Å². The Morgan fingerprint density at radius 3 is 2.82 bits per heavy atom. The van der Waals surface area contributed by atoms with E-state index in [1.54, 1.807) is 0 Å². The fraction of sp³-hybridized carbons (Fsp3) is 0.308. The molecule has 0 radical (unpaired) electrons. The SMILES string of the molecule is ClC1=NC2=C(CCCC2)Nc2ccc(Cl)cc21. The highest BCUT2D eigenvalue weighted by Crippen LogP contribution is 2.33. The molecule has 0 spiro atoms. The molecule has 0 bridgehead atoms. The average molecular weight is 267 g/mol. The molecule has 1 aromatic carbocycles. The molecule has 1 aliphatic heterocycles. The number of anilines is 1. The van der Waals surface area contributed by atoms with Crippen molar-refractivity contribution in [3.8, 4) is 0 Å². The fourth-order valence-corrected chi connectivity index (χ4v) is 2.72. The third-order valence-electron chi connectivity index (χ3n) is 3.16. The molecule has 88 valence electrons. The van der Waals surface area contributed by atoms with E-state index in [0.29, 0.717) is 10.2 Å². The molecule has 3 rings (SSSR count). The summed E-state index contributed by atoms with van der Waals surface area (Å²) in [6.45, 7) is 0. The van der Waals surface area contributed by atoms with Gasteiger partial charge in [0.05, 0.1) is 5.70 Å². The molecule has 1 heterocycles. The van der Waals surface area contributed by atoms with Crippen molar-refractivity contribution in [3.05, 3.63) is 40.2 Å². The number of benzene rings is 1. The summed E-state index contributed by atoms with van der Waals surface area (Å²) in [5, 5.41) is 4.65. The van der Waals surface area contributed by atoms with Crippen LogP contribution in [-0.2, 0) is 0 Å². The zero-order valence-electron chi connectivity index (χ0n) is 9.26. The van der Waals surface area contributed by atoms with Crippen molar-refractivity contribution in [3.63, 3.8) is 0 Å². The van der Waals surface area contributed by atoms with Crippen molar-refractivity contribution in [1.29, 1.82) is 0 Å². The normalized spacial score (nSPS) is 18.8. The zero-order chi connectivity index (χ0) is 11.8. The summed E-state index contributed by atoms with van der Waals surface area (Å²) >= 11 is 12.3. The summed E-state index contributed by atoms with van der Waals surface area (Å²) in [5.74, 6) is 0. The van der Waals surface area contributed by atoms with Crippen LogP contribution in [0.15, 0.2) is 34.6 Å². The molecule has 0 saturated carbocycles. The van der Waals surface area contributed by atoms with Gasteiger partial charge in [-0.3, -0.25) is 0 Å². The first-order valence-corrected chi connectivity index (χ1v) is 6.53. The second-order valence-electron chi connectivity index (χ2n) is 4.35. The van der Waals surface area contributed by atoms with Crippen LogP contribution in [0, 0.1) is 0 Å². The first-order valence-electron chi connectivity index (χ1n) is 5.77. The highest BCUT2D eigenvalue weighted by atomic mass is 35.5. The number of rotatable bonds is 0. The molecule has 0 amide bonds. The van der Waals surface area contributed by atoms with Crippen molar-refractivity contribution >= 4 is 34.1 Å². The van der Waals surface area contributed by atoms with Gasteiger partial charge < -0.3 is 5.32 Å². The Labute approximate surface area is 110 Å². The van der Waals surface area contributed by atoms with Gasteiger partial charge in [0.25, 0.3) is 0 Å². The standard InChI is InChI=1S/C13H12Cl2N2/c14-8-5-6-10-9(7-8)13(15)17-12-4-2-1-3-11(12)16-10/h5-7,16H,1-4H2. The molecule has 17 heavy (non-hydrogen) atoms. The number of allylic oxidation sites excluding steroid dienone is 2. The molecule has 2 aliphatic rings. The van der Waals surface area contributed by atoms with Crippen LogP contribution in [0.3, 0.4) is 0 Å². The molecule has 2 nitrogen and oxygen atoms in total. The molecule has 4 heteroatoms. The predicted molar refractivity (Wildman–Crippen MR) is 73.0 cm³/mol. The minimum atomic E-state index is 0.530. The van der Waals surface area contributed by atoms with Crippen LogP contribution in [0.2, 0.25) is 5.02 Å². The average Bonchev–Trinajstić information content (AvgIpc) is 2.46. The second kappa shape index (κ2) is 4.35. The Morgan fingerprint density at radius 2 is 1.94 bits per heavy atom. The lowest BCUT2D eigenvalue weighted by atomic mass is 10.0. The summed E-state index contributed by atoms with van der Waals surface area (Å²) < 4.78 is 0. The Morgan fingerprint density at radius 1 is 1.12 bits per heavy atom. The van der Waals surface area contributed by atoms with Gasteiger partial charge in [0.2, 0.25) is 0 Å². The Kier molecular flexibility index (Phi) is 2.85. The zero-order valence-corrected chi connectivity index (χ0v) is 10.8. The van der Waals surface area contributed by atoms with Gasteiger partial charge in [-0.1, -0.05) is 23.2 Å². The van der Waals surface area contributed by atoms with Crippen LogP contribution in [0.25, 0.3) is 0 Å². The van der Waals surface area contributed by atoms with Gasteiger partial charge >= 0.3 is 0 Å². The molecular weight excluding hydrogens is 255 g/mol. The van der Waals surface area contributed by atoms with Crippen LogP contribution in [0.4, 0.5) is 5.69 Å². The minimum absolute atomic E-state index is 0.530. The number of hydrogen-bond acceptors (Lipinski definition) is 2. The van der Waals surface area contributed by atoms with Gasteiger partial charge in [-0.05, 0) is 43.9 Å². The lowest BCUT2D eigenvalue weighted by Gasteiger charge is -2.17. The Balaban J connectivity index is 2.12. The van der Waals surface area contributed by atoms with E-state index in [1.165, 1.54) is 18.5 Å². The third kappa shape index (κ3) is 2.07. The molecule has 0 aromatic heterocycles. The summed E-state index contributed by atoms with van der Waals surface area (Å²) in [6, 6.07) is 5.68. The van der Waals surface area contributed by atoms with E-state index in [1.807, 2.05) is 18.2 Å². The Hall–Kier alpha value is -0.990. The maximum atomic E-state index is 6.26. The van der Waals surface area contributed by atoms with E-state index in [-0.39, 0.29) is 0 Å². The topological polar surface area (TPSA) is 24.4 Å². The number of nitrogens with zero attached hydrogens (tertiary/aromatic N) is 1. The number of hydrogen-bond donors (Lipinski definition) is 1. The van der Waals surface area contributed by atoms with Crippen molar-refractivity contribution < 1.29 is 0 Å². The monoisotopic (exact) mass is 266 g/mol. The van der Waals surface area contributed by atoms with E-state index in [9.17, 15) is 0 Å². The van der Waals surface area contributed by atoms with E-state index >= 15 is 0 Å². The van der Waals surface area contributed by atoms with Gasteiger partial charge in [0, 0.05) is 22.0 Å². The maximum absolute atomic E-state index is 6.26. The summed E-state index contributed by atoms with van der Waals surface area (Å²) in [6.07, 6.45) is 4.44. The molecule has 1 aromatic rings. The van der Waals surface area contributed by atoms with Gasteiger partial charge in [-0.15, -0.1) is 0 Å². The largest absolute Gasteiger partial charge is 0.357 e. The smallest absolute Gasteiger partial charge is 0.138 e. The van der Waals surface area contributed by atoms with Crippen LogP contribution in [0.5, 0.6) is 0 Å². The minimum Gasteiger partial charge on any atom is -0.357 e. The Bertz CT molecular complexity index is 532. The van der Waals surface area contributed by atoms with E-state index in [0.717, 1.165) is 29.8 Å². The van der Waals surface area contributed by atoms with E-state index in [2.05, 4.69) is 10.3 Å². The first-order chi connectivity index (χ1) is 8.24. The molecular formula is C13H12Cl2N2. The van der Waals surface area contributed by atoms with E-state index < -0.39 is 0 Å². The molecule has 0 unspecified atom stereocenters. The quantitative estimate of drug-likeness (QED) is 0.733. The van der Waals surface area contributed by atoms with Gasteiger partial charge in [-0.2, -0.15) is 0 Å². The third-order valence-corrected chi connectivity index (χ3v) is 3.68. The number of nitrogens with one attached hydrogen (secondary N) is 1. The first kappa shape index (κ1) is 11.1. The van der Waals surface area contributed by atoms with Crippen molar-refractivity contribution in [2.75, 3.05) is 5.32 Å². The maximum Gasteiger partial charge on any atom is 0.138 e. The molecule has 0 fully saturated rings. The van der Waals surface area contributed by atoms with Gasteiger partial charge in [0.15, 0.2) is 0 Å². The van der Waals surface area contributed by atoms with Gasteiger partial charge in [-0.25, -0.2) is 4.99 Å². The van der Waals surface area contributed by atoms with Gasteiger partial charge in [0.1, 0.15) is 5.17 Å². The lowest BCUT2D eigenvalue weighted by molar-refractivity contribution is 0.671. The summed E-state index contributed by atoms with van der Waals surface area (Å²) in [7, 11) is 0. The van der Waals surface area contributed by atoms with Crippen LogP contribution < -0.4 is 5.32 Å². The molecule has 1 N–H and O–H groups in total. The highest BCUT2D eigenvalue weighted by Gasteiger charge is 2.19. The summed E-state index contributed by atoms with van der Waals surface area (Å²) in [4.78, 5) is 4.52. The van der Waals surface area contributed by atoms with Crippen molar-refractivity contribution in [2.24, 2.45) is 4.99 Å². The van der Waals surface area contributed by atoms with E-state index in [4.69, 9.17) is 23.2 Å². The summed E-state index contributed by atoms with van der Waals surface area (Å²) in [5.41, 5.74) is 4.17. The molecule has 0 saturated heterocycles. The predicted octanol–water partition coefficient (Wildman–Crippen LogP) is 4.54. The van der Waals surface area contributed by atoms with Crippen molar-refractivity contribution in [2.45, 2.75) is 25.7 Å². The van der Waals surface area contributed by atoms with Crippen molar-refractivity contribution in [1.82, 2.24) is 0 Å². The number of fused-ring (bicyclic) bond motifs is 1. The highest BCUT2D eigenvalue weighted by molar-refractivity contribution is 6.70. The number of aliphatic imine (C=N–C) groups is 1. The number of halogens is 2. The van der Waals surface area contributed by atoms with Crippen LogP contribution >= 0.6 is 23.2 Å². The lowest BCUT2D eigenvalue weighted by Crippen LogP contribution is -2.06. The molecule has 0 atom stereocenters. The fourth-order valence-electron chi connectivity index (χ4n) is 2.28. The second-order valence-corrected chi connectivity index (χ2v) is 5.14. The molecule has 1 aliphatic carbocycles.